The Balaban J connectivity index is 1.55. The van der Waals surface area contributed by atoms with Gasteiger partial charge in [-0.1, -0.05) is 71.8 Å². The van der Waals surface area contributed by atoms with E-state index in [2.05, 4.69) is 141 Å². The van der Waals surface area contributed by atoms with Crippen molar-refractivity contribution in [3.8, 4) is 28.2 Å². The zero-order chi connectivity index (χ0) is 26.8. The number of benzene rings is 5. The van der Waals surface area contributed by atoms with E-state index in [9.17, 15) is 0 Å². The highest BCUT2D eigenvalue weighted by atomic mass is 15.2. The molecule has 190 valence electrons. The summed E-state index contributed by atoms with van der Waals surface area (Å²) in [6, 6.07) is 35.5. The number of hydrogen-bond acceptors (Lipinski definition) is 1. The van der Waals surface area contributed by atoms with Crippen molar-refractivity contribution in [2.24, 2.45) is 7.05 Å². The Morgan fingerprint density at radius 2 is 1.13 bits per heavy atom. The van der Waals surface area contributed by atoms with E-state index in [4.69, 9.17) is 4.98 Å². The molecule has 39 heavy (non-hydrogen) atoms. The van der Waals surface area contributed by atoms with E-state index in [0.717, 1.165) is 28.0 Å². The van der Waals surface area contributed by atoms with Crippen LogP contribution in [0, 0.1) is 27.7 Å². The second-order valence-electron chi connectivity index (χ2n) is 10.9. The summed E-state index contributed by atoms with van der Waals surface area (Å²) < 4.78 is 4.52. The van der Waals surface area contributed by atoms with Gasteiger partial charge in [0.15, 0.2) is 0 Å². The van der Waals surface area contributed by atoms with E-state index in [0.29, 0.717) is 0 Å². The number of para-hydroxylation sites is 2. The minimum Gasteiger partial charge on any atom is -0.313 e. The maximum atomic E-state index is 5.09. The molecule has 0 N–H and O–H groups in total. The predicted octanol–water partition coefficient (Wildman–Crippen LogP) is 9.24. The summed E-state index contributed by atoms with van der Waals surface area (Å²) in [5.41, 5.74) is 14.7. The van der Waals surface area contributed by atoms with Crippen LogP contribution in [-0.2, 0) is 7.05 Å². The summed E-state index contributed by atoms with van der Waals surface area (Å²) in [5.74, 6) is 0.926. The highest BCUT2D eigenvalue weighted by Crippen LogP contribution is 2.38. The van der Waals surface area contributed by atoms with Gasteiger partial charge in [-0.3, -0.25) is 4.57 Å². The molecular weight excluding hydrogens is 474 g/mol. The van der Waals surface area contributed by atoms with Crippen molar-refractivity contribution in [1.82, 2.24) is 14.1 Å². The summed E-state index contributed by atoms with van der Waals surface area (Å²) in [6.07, 6.45) is 0. The van der Waals surface area contributed by atoms with Crippen LogP contribution in [0.5, 0.6) is 0 Å². The van der Waals surface area contributed by atoms with Gasteiger partial charge in [0, 0.05) is 17.8 Å². The molecule has 0 aliphatic heterocycles. The lowest BCUT2D eigenvalue weighted by Crippen LogP contribution is -2.03. The number of nitrogens with zero attached hydrogens (tertiary/aromatic N) is 3. The molecule has 5 aromatic carbocycles. The molecule has 0 aliphatic rings. The molecule has 0 unspecified atom stereocenters. The van der Waals surface area contributed by atoms with Crippen molar-refractivity contribution >= 4 is 32.8 Å². The fraction of sp³-hybridized carbons (Fsp3) is 0.139. The fourth-order valence-electron chi connectivity index (χ4n) is 6.29. The van der Waals surface area contributed by atoms with Gasteiger partial charge in [0.25, 0.3) is 0 Å². The van der Waals surface area contributed by atoms with Crippen molar-refractivity contribution in [3.63, 3.8) is 0 Å². The Morgan fingerprint density at radius 3 is 1.79 bits per heavy atom. The molecule has 0 aliphatic carbocycles. The molecule has 0 saturated heterocycles. The molecule has 0 atom stereocenters. The number of rotatable bonds is 3. The molecular formula is C36H31N3. The van der Waals surface area contributed by atoms with E-state index >= 15 is 0 Å². The maximum Gasteiger partial charge on any atom is 0.215 e. The largest absolute Gasteiger partial charge is 0.313 e. The van der Waals surface area contributed by atoms with Gasteiger partial charge in [-0.05, 0) is 97.5 Å². The van der Waals surface area contributed by atoms with Crippen LogP contribution >= 0.6 is 0 Å². The first kappa shape index (κ1) is 23.5. The molecule has 7 rings (SSSR count). The molecule has 0 radical (unpaired) electrons. The highest BCUT2D eigenvalue weighted by Gasteiger charge is 2.19. The maximum absolute atomic E-state index is 5.09. The van der Waals surface area contributed by atoms with Crippen LogP contribution in [0.2, 0.25) is 0 Å². The minimum atomic E-state index is 0.926. The van der Waals surface area contributed by atoms with Crippen molar-refractivity contribution in [2.45, 2.75) is 27.7 Å². The van der Waals surface area contributed by atoms with Gasteiger partial charge in [-0.2, -0.15) is 0 Å². The molecule has 3 nitrogen and oxygen atoms in total. The monoisotopic (exact) mass is 505 g/mol. The summed E-state index contributed by atoms with van der Waals surface area (Å²) in [6.45, 7) is 8.74. The topological polar surface area (TPSA) is 22.8 Å². The average Bonchev–Trinajstić information content (AvgIpc) is 3.42. The van der Waals surface area contributed by atoms with Gasteiger partial charge in [0.05, 0.1) is 22.1 Å². The van der Waals surface area contributed by atoms with Gasteiger partial charge >= 0.3 is 0 Å². The number of hydrogen-bond donors (Lipinski definition) is 0. The lowest BCUT2D eigenvalue weighted by atomic mass is 9.93. The van der Waals surface area contributed by atoms with Gasteiger partial charge in [-0.15, -0.1) is 0 Å². The molecule has 0 spiro atoms. The van der Waals surface area contributed by atoms with Crippen molar-refractivity contribution in [2.75, 3.05) is 0 Å². The lowest BCUT2D eigenvalue weighted by Gasteiger charge is -2.12. The molecule has 0 amide bonds. The molecule has 3 heteroatoms. The smallest absolute Gasteiger partial charge is 0.215 e. The van der Waals surface area contributed by atoms with E-state index in [-0.39, 0.29) is 0 Å². The summed E-state index contributed by atoms with van der Waals surface area (Å²) in [7, 11) is 2.11. The minimum absolute atomic E-state index is 0.926. The van der Waals surface area contributed by atoms with Crippen LogP contribution in [0.4, 0.5) is 0 Å². The molecule has 2 heterocycles. The zero-order valence-electron chi connectivity index (χ0n) is 23.1. The average molecular weight is 506 g/mol. The number of imidazole rings is 1. The number of aromatic nitrogens is 3. The van der Waals surface area contributed by atoms with Gasteiger partial charge in [0.2, 0.25) is 5.95 Å². The second kappa shape index (κ2) is 8.71. The SMILES string of the molecule is Cc1ccc(-c2ccc3c(c2)c2cc(-c4c(C)cc(C)cc4C)ccc2n3-c2nc3ccccc3n2C)cc1. The molecule has 0 bridgehead atoms. The second-order valence-corrected chi connectivity index (χ2v) is 10.9. The van der Waals surface area contributed by atoms with Crippen LogP contribution in [0.1, 0.15) is 22.3 Å². The van der Waals surface area contributed by atoms with Gasteiger partial charge in [0.1, 0.15) is 0 Å². The fourth-order valence-corrected chi connectivity index (χ4v) is 6.29. The standard InChI is InChI=1S/C36H31N3/c1-22-10-12-26(13-11-22)27-14-16-32-29(20-27)30-21-28(35-24(3)18-23(2)19-25(35)4)15-17-33(30)39(32)36-37-31-8-6-7-9-34(31)38(36)5/h6-21H,1-5H3. The van der Waals surface area contributed by atoms with Crippen LogP contribution in [0.25, 0.3) is 61.0 Å². The summed E-state index contributed by atoms with van der Waals surface area (Å²) >= 11 is 0. The van der Waals surface area contributed by atoms with Crippen molar-refractivity contribution in [3.05, 3.63) is 119 Å². The van der Waals surface area contributed by atoms with Crippen molar-refractivity contribution in [1.29, 1.82) is 0 Å². The van der Waals surface area contributed by atoms with E-state index in [1.807, 2.05) is 0 Å². The Bertz CT molecular complexity index is 2030. The van der Waals surface area contributed by atoms with Gasteiger partial charge < -0.3 is 4.57 Å². The third kappa shape index (κ3) is 3.69. The summed E-state index contributed by atoms with van der Waals surface area (Å²) in [4.78, 5) is 5.09. The Morgan fingerprint density at radius 1 is 0.538 bits per heavy atom. The van der Waals surface area contributed by atoms with E-state index in [1.165, 1.54) is 55.3 Å². The van der Waals surface area contributed by atoms with E-state index in [1.54, 1.807) is 0 Å². The first-order valence-corrected chi connectivity index (χ1v) is 13.5. The van der Waals surface area contributed by atoms with Crippen LogP contribution in [0.3, 0.4) is 0 Å². The van der Waals surface area contributed by atoms with Crippen LogP contribution in [-0.4, -0.2) is 14.1 Å². The van der Waals surface area contributed by atoms with Crippen LogP contribution in [0.15, 0.2) is 97.1 Å². The normalized spacial score (nSPS) is 11.7. The van der Waals surface area contributed by atoms with Crippen molar-refractivity contribution < 1.29 is 0 Å². The number of fused-ring (bicyclic) bond motifs is 4. The van der Waals surface area contributed by atoms with Gasteiger partial charge in [-0.25, -0.2) is 4.98 Å². The zero-order valence-corrected chi connectivity index (χ0v) is 23.1. The predicted molar refractivity (Wildman–Crippen MR) is 165 cm³/mol. The molecule has 7 aromatic rings. The van der Waals surface area contributed by atoms with E-state index < -0.39 is 0 Å². The first-order valence-electron chi connectivity index (χ1n) is 13.5. The molecule has 0 saturated carbocycles. The lowest BCUT2D eigenvalue weighted by molar-refractivity contribution is 0.870. The van der Waals surface area contributed by atoms with Crippen LogP contribution < -0.4 is 0 Å². The number of aryl methyl sites for hydroxylation is 5. The molecule has 2 aromatic heterocycles. The third-order valence-corrected chi connectivity index (χ3v) is 8.08. The Labute approximate surface area is 229 Å². The first-order chi connectivity index (χ1) is 18.9. The quantitative estimate of drug-likeness (QED) is 0.235. The Kier molecular flexibility index (Phi) is 5.24. The Hall–Kier alpha value is -4.63. The third-order valence-electron chi connectivity index (χ3n) is 8.08. The molecule has 0 fully saturated rings. The highest BCUT2D eigenvalue weighted by molar-refractivity contribution is 6.11. The summed E-state index contributed by atoms with van der Waals surface area (Å²) in [5, 5.41) is 2.47.